The molecule has 25 heavy (non-hydrogen) atoms. The van der Waals surface area contributed by atoms with Gasteiger partial charge in [-0.25, -0.2) is 4.98 Å². The fourth-order valence-corrected chi connectivity index (χ4v) is 3.19. The Morgan fingerprint density at radius 3 is 2.88 bits per heavy atom. The number of aromatic amines is 1. The van der Waals surface area contributed by atoms with Gasteiger partial charge in [-0.15, -0.1) is 0 Å². The normalized spacial score (nSPS) is 17.1. The molecule has 1 unspecified atom stereocenters. The van der Waals surface area contributed by atoms with Gasteiger partial charge in [0.15, 0.2) is 0 Å². The van der Waals surface area contributed by atoms with Crippen molar-refractivity contribution in [3.05, 3.63) is 60.8 Å². The Balaban J connectivity index is 1.58. The van der Waals surface area contributed by atoms with E-state index in [2.05, 4.69) is 15.0 Å². The zero-order valence-electron chi connectivity index (χ0n) is 13.8. The topological polar surface area (TPSA) is 71.1 Å². The van der Waals surface area contributed by atoms with Crippen molar-refractivity contribution >= 4 is 11.6 Å². The Bertz CT molecular complexity index is 891. The number of rotatable bonds is 4. The first-order valence-corrected chi connectivity index (χ1v) is 8.15. The van der Waals surface area contributed by atoms with E-state index in [1.807, 2.05) is 36.4 Å². The Labute approximate surface area is 145 Å². The van der Waals surface area contributed by atoms with Crippen molar-refractivity contribution in [2.75, 3.05) is 18.6 Å². The molecule has 1 amide bonds. The van der Waals surface area contributed by atoms with Crippen LogP contribution < -0.4 is 9.64 Å². The monoisotopic (exact) mass is 334 g/mol. The number of imidazole rings is 1. The Kier molecular flexibility index (Phi) is 3.93. The lowest BCUT2D eigenvalue weighted by atomic mass is 10.1. The summed E-state index contributed by atoms with van der Waals surface area (Å²) in [6, 6.07) is 11.4. The SMILES string of the molecule is COc1ccccc1N1CC(c2ncc(-c3cccnc3)[nH]2)CC1=O. The molecule has 0 bridgehead atoms. The molecule has 1 aliphatic rings. The Hall–Kier alpha value is -3.15. The number of pyridine rings is 1. The van der Waals surface area contributed by atoms with Crippen LogP contribution in [-0.2, 0) is 4.79 Å². The van der Waals surface area contributed by atoms with Gasteiger partial charge in [0.05, 0.1) is 24.7 Å². The maximum absolute atomic E-state index is 12.5. The van der Waals surface area contributed by atoms with Crippen molar-refractivity contribution in [3.63, 3.8) is 0 Å². The molecular weight excluding hydrogens is 316 g/mol. The number of anilines is 1. The van der Waals surface area contributed by atoms with Crippen LogP contribution in [0.4, 0.5) is 5.69 Å². The van der Waals surface area contributed by atoms with Gasteiger partial charge >= 0.3 is 0 Å². The summed E-state index contributed by atoms with van der Waals surface area (Å²) >= 11 is 0. The third kappa shape index (κ3) is 2.87. The van der Waals surface area contributed by atoms with Crippen molar-refractivity contribution in [2.45, 2.75) is 12.3 Å². The van der Waals surface area contributed by atoms with Crippen molar-refractivity contribution in [1.82, 2.24) is 15.0 Å². The second kappa shape index (κ2) is 6.39. The highest BCUT2D eigenvalue weighted by atomic mass is 16.5. The Morgan fingerprint density at radius 2 is 2.08 bits per heavy atom. The number of ether oxygens (including phenoxy) is 1. The standard InChI is InChI=1S/C19H18N4O2/c1-25-17-7-3-2-6-16(17)23-12-14(9-18(23)24)19-21-11-15(22-19)13-5-4-8-20-10-13/h2-8,10-11,14H,9,12H2,1H3,(H,21,22). The van der Waals surface area contributed by atoms with Gasteiger partial charge in [-0.1, -0.05) is 12.1 Å². The van der Waals surface area contributed by atoms with Crippen LogP contribution in [0.1, 0.15) is 18.2 Å². The van der Waals surface area contributed by atoms with E-state index in [4.69, 9.17) is 4.74 Å². The molecule has 1 fully saturated rings. The van der Waals surface area contributed by atoms with E-state index >= 15 is 0 Å². The number of hydrogen-bond acceptors (Lipinski definition) is 4. The van der Waals surface area contributed by atoms with E-state index in [1.54, 1.807) is 30.6 Å². The molecular formula is C19H18N4O2. The van der Waals surface area contributed by atoms with Crippen LogP contribution >= 0.6 is 0 Å². The van der Waals surface area contributed by atoms with E-state index in [0.29, 0.717) is 18.7 Å². The van der Waals surface area contributed by atoms with Gasteiger partial charge in [0.25, 0.3) is 0 Å². The summed E-state index contributed by atoms with van der Waals surface area (Å²) < 4.78 is 5.38. The summed E-state index contributed by atoms with van der Waals surface area (Å²) in [5.41, 5.74) is 2.69. The van der Waals surface area contributed by atoms with Gasteiger partial charge in [0.2, 0.25) is 5.91 Å². The molecule has 0 spiro atoms. The minimum absolute atomic E-state index is 0.0304. The zero-order chi connectivity index (χ0) is 17.2. The fraction of sp³-hybridized carbons (Fsp3) is 0.211. The lowest BCUT2D eigenvalue weighted by Crippen LogP contribution is -2.24. The molecule has 6 nitrogen and oxygen atoms in total. The smallest absolute Gasteiger partial charge is 0.227 e. The predicted octanol–water partition coefficient (Wildman–Crippen LogP) is 3.00. The molecule has 4 rings (SSSR count). The van der Waals surface area contributed by atoms with Gasteiger partial charge in [0.1, 0.15) is 11.6 Å². The number of methoxy groups -OCH3 is 1. The molecule has 1 N–H and O–H groups in total. The molecule has 1 aliphatic heterocycles. The molecule has 1 aromatic carbocycles. The average molecular weight is 334 g/mol. The highest BCUT2D eigenvalue weighted by Gasteiger charge is 2.34. The van der Waals surface area contributed by atoms with E-state index in [0.717, 1.165) is 22.8 Å². The van der Waals surface area contributed by atoms with Crippen molar-refractivity contribution in [3.8, 4) is 17.0 Å². The number of H-pyrrole nitrogens is 1. The van der Waals surface area contributed by atoms with Gasteiger partial charge in [0, 0.05) is 36.8 Å². The summed E-state index contributed by atoms with van der Waals surface area (Å²) in [6.45, 7) is 0.583. The quantitative estimate of drug-likeness (QED) is 0.796. The first-order chi connectivity index (χ1) is 12.3. The summed E-state index contributed by atoms with van der Waals surface area (Å²) in [5, 5.41) is 0. The van der Waals surface area contributed by atoms with Crippen LogP contribution in [0.5, 0.6) is 5.75 Å². The van der Waals surface area contributed by atoms with Gasteiger partial charge in [-0.3, -0.25) is 9.78 Å². The van der Waals surface area contributed by atoms with Crippen LogP contribution in [0.25, 0.3) is 11.3 Å². The zero-order valence-corrected chi connectivity index (χ0v) is 13.8. The highest BCUT2D eigenvalue weighted by molar-refractivity contribution is 5.97. The maximum Gasteiger partial charge on any atom is 0.227 e. The molecule has 3 aromatic rings. The molecule has 0 saturated carbocycles. The molecule has 6 heteroatoms. The van der Waals surface area contributed by atoms with E-state index in [9.17, 15) is 4.79 Å². The number of aromatic nitrogens is 3. The van der Waals surface area contributed by atoms with Crippen LogP contribution in [-0.4, -0.2) is 34.5 Å². The molecule has 1 saturated heterocycles. The maximum atomic E-state index is 12.5. The third-order valence-corrected chi connectivity index (χ3v) is 4.46. The Morgan fingerprint density at radius 1 is 1.20 bits per heavy atom. The summed E-state index contributed by atoms with van der Waals surface area (Å²) in [7, 11) is 1.61. The number of hydrogen-bond donors (Lipinski definition) is 1. The second-order valence-electron chi connectivity index (χ2n) is 6.00. The summed E-state index contributed by atoms with van der Waals surface area (Å²) in [4.78, 5) is 26.2. The lowest BCUT2D eigenvalue weighted by Gasteiger charge is -2.19. The van der Waals surface area contributed by atoms with Crippen LogP contribution in [0, 0.1) is 0 Å². The van der Waals surface area contributed by atoms with Crippen molar-refractivity contribution < 1.29 is 9.53 Å². The van der Waals surface area contributed by atoms with Crippen LogP contribution in [0.2, 0.25) is 0 Å². The summed E-state index contributed by atoms with van der Waals surface area (Å²) in [5.74, 6) is 1.63. The largest absolute Gasteiger partial charge is 0.495 e. The van der Waals surface area contributed by atoms with Crippen molar-refractivity contribution in [2.24, 2.45) is 0 Å². The van der Waals surface area contributed by atoms with Gasteiger partial charge in [-0.05, 0) is 24.3 Å². The summed E-state index contributed by atoms with van der Waals surface area (Å²) in [6.07, 6.45) is 5.75. The number of nitrogens with one attached hydrogen (secondary N) is 1. The van der Waals surface area contributed by atoms with E-state index < -0.39 is 0 Å². The highest BCUT2D eigenvalue weighted by Crippen LogP contribution is 2.35. The number of para-hydroxylation sites is 2. The average Bonchev–Trinajstić information content (AvgIpc) is 3.29. The molecule has 0 aliphatic carbocycles. The van der Waals surface area contributed by atoms with Crippen LogP contribution in [0.15, 0.2) is 55.0 Å². The fourth-order valence-electron chi connectivity index (χ4n) is 3.19. The first kappa shape index (κ1) is 15.4. The number of nitrogens with zero attached hydrogens (tertiary/aromatic N) is 3. The molecule has 0 radical (unpaired) electrons. The minimum atomic E-state index is 0.0304. The number of carbonyl (C=O) groups is 1. The van der Waals surface area contributed by atoms with Crippen molar-refractivity contribution in [1.29, 1.82) is 0 Å². The molecule has 126 valence electrons. The van der Waals surface area contributed by atoms with E-state index in [-0.39, 0.29) is 11.8 Å². The molecule has 1 atom stereocenters. The van der Waals surface area contributed by atoms with Crippen LogP contribution in [0.3, 0.4) is 0 Å². The van der Waals surface area contributed by atoms with Gasteiger partial charge in [-0.2, -0.15) is 0 Å². The third-order valence-electron chi connectivity index (χ3n) is 4.46. The van der Waals surface area contributed by atoms with E-state index in [1.165, 1.54) is 0 Å². The predicted molar refractivity (Wildman–Crippen MR) is 94.5 cm³/mol. The molecule has 2 aromatic heterocycles. The lowest BCUT2D eigenvalue weighted by molar-refractivity contribution is -0.117. The number of carbonyl (C=O) groups excluding carboxylic acids is 1. The molecule has 3 heterocycles. The first-order valence-electron chi connectivity index (χ1n) is 8.15. The van der Waals surface area contributed by atoms with Gasteiger partial charge < -0.3 is 14.6 Å². The minimum Gasteiger partial charge on any atom is -0.495 e. The number of amides is 1. The number of benzene rings is 1. The second-order valence-corrected chi connectivity index (χ2v) is 6.00.